The zero-order valence-corrected chi connectivity index (χ0v) is 24.8. The number of hydrogen-bond donors (Lipinski definition) is 2. The number of anilines is 1. The quantitative estimate of drug-likeness (QED) is 0.248. The number of aliphatic hydroxyl groups is 1. The normalized spacial score (nSPS) is 22.1. The number of carbonyl (C=O) groups excluding carboxylic acids is 2. The molecule has 1 saturated heterocycles. The van der Waals surface area contributed by atoms with Crippen molar-refractivity contribution in [2.24, 2.45) is 0 Å². The van der Waals surface area contributed by atoms with Gasteiger partial charge in [0.2, 0.25) is 11.8 Å². The Morgan fingerprint density at radius 3 is 2.30 bits per heavy atom. The summed E-state index contributed by atoms with van der Waals surface area (Å²) in [5, 5.41) is 23.2. The number of amides is 2. The summed E-state index contributed by atoms with van der Waals surface area (Å²) in [5.74, 6) is -4.85. The van der Waals surface area contributed by atoms with Gasteiger partial charge in [0.25, 0.3) is 5.91 Å². The number of likely N-dealkylation sites (tertiary alicyclic amines) is 1. The van der Waals surface area contributed by atoms with E-state index in [9.17, 15) is 41.9 Å². The van der Waals surface area contributed by atoms with Gasteiger partial charge in [-0.05, 0) is 49.1 Å². The Bertz CT molecular complexity index is 1600. The molecule has 2 aliphatic rings. The molecular weight excluding hydrogens is 609 g/mol. The van der Waals surface area contributed by atoms with Crippen LogP contribution in [-0.4, -0.2) is 57.0 Å². The first kappa shape index (κ1) is 32.8. The summed E-state index contributed by atoms with van der Waals surface area (Å²) in [6.45, 7) is 1.21. The molecule has 3 unspecified atom stereocenters. The maximum Gasteiger partial charge on any atom is 0.416 e. The molecule has 46 heavy (non-hydrogen) atoms. The smallest absolute Gasteiger partial charge is 0.388 e. The van der Waals surface area contributed by atoms with Crippen LogP contribution >= 0.6 is 0 Å². The second kappa shape index (κ2) is 12.7. The molecule has 2 aromatic carbocycles. The van der Waals surface area contributed by atoms with Crippen molar-refractivity contribution in [3.8, 4) is 17.3 Å². The topological polar surface area (TPSA) is 110 Å². The van der Waals surface area contributed by atoms with Gasteiger partial charge in [0.15, 0.2) is 6.19 Å². The van der Waals surface area contributed by atoms with E-state index in [0.29, 0.717) is 6.07 Å². The first-order valence-corrected chi connectivity index (χ1v) is 14.8. The van der Waals surface area contributed by atoms with Crippen LogP contribution in [0.4, 0.5) is 27.6 Å². The molecule has 8 nitrogen and oxygen atoms in total. The molecule has 1 aliphatic heterocycles. The first-order chi connectivity index (χ1) is 21.7. The van der Waals surface area contributed by atoms with Crippen LogP contribution in [0.3, 0.4) is 0 Å². The lowest BCUT2D eigenvalue weighted by Gasteiger charge is -2.36. The van der Waals surface area contributed by atoms with E-state index in [2.05, 4.69) is 10.3 Å². The Balaban J connectivity index is 1.65. The molecular formula is C33H32F5N5O3. The molecule has 1 aromatic heterocycles. The van der Waals surface area contributed by atoms with Gasteiger partial charge in [-0.1, -0.05) is 42.5 Å². The number of alkyl halides is 5. The summed E-state index contributed by atoms with van der Waals surface area (Å²) in [5.41, 5.74) is -1.74. The van der Waals surface area contributed by atoms with Gasteiger partial charge in [-0.3, -0.25) is 24.4 Å². The number of rotatable bonds is 7. The van der Waals surface area contributed by atoms with Crippen molar-refractivity contribution >= 4 is 17.5 Å². The molecule has 242 valence electrons. The van der Waals surface area contributed by atoms with Crippen LogP contribution in [0.1, 0.15) is 56.2 Å². The van der Waals surface area contributed by atoms with Gasteiger partial charge in [0, 0.05) is 48.9 Å². The number of β-amino-alcohol motifs (C(OH)–C–C–N with tert-alkyl or cyclic N) is 1. The number of carbonyl (C=O) groups is 2. The minimum Gasteiger partial charge on any atom is -0.388 e. The lowest BCUT2D eigenvalue weighted by molar-refractivity contribution is -0.139. The second-order valence-electron chi connectivity index (χ2n) is 12.1. The van der Waals surface area contributed by atoms with Crippen molar-refractivity contribution in [1.82, 2.24) is 15.2 Å². The average Bonchev–Trinajstić information content (AvgIpc) is 3.35. The highest BCUT2D eigenvalue weighted by molar-refractivity contribution is 6.04. The monoisotopic (exact) mass is 641 g/mol. The Morgan fingerprint density at radius 1 is 1.07 bits per heavy atom. The summed E-state index contributed by atoms with van der Waals surface area (Å²) < 4.78 is 71.0. The van der Waals surface area contributed by atoms with Crippen LogP contribution in [0.25, 0.3) is 11.1 Å². The fourth-order valence-corrected chi connectivity index (χ4v) is 6.15. The predicted molar refractivity (Wildman–Crippen MR) is 158 cm³/mol. The van der Waals surface area contributed by atoms with E-state index < -0.39 is 71.6 Å². The Labute approximate surface area is 262 Å². The van der Waals surface area contributed by atoms with E-state index in [0.717, 1.165) is 33.3 Å². The molecule has 2 N–H and O–H groups in total. The van der Waals surface area contributed by atoms with Gasteiger partial charge in [-0.15, -0.1) is 0 Å². The second-order valence-corrected chi connectivity index (χ2v) is 12.1. The highest BCUT2D eigenvalue weighted by Crippen LogP contribution is 2.40. The van der Waals surface area contributed by atoms with Crippen LogP contribution in [-0.2, 0) is 15.8 Å². The van der Waals surface area contributed by atoms with Gasteiger partial charge in [0.1, 0.15) is 12.1 Å². The van der Waals surface area contributed by atoms with Gasteiger partial charge in [-0.25, -0.2) is 8.78 Å². The molecule has 3 atom stereocenters. The van der Waals surface area contributed by atoms with Crippen LogP contribution in [0.5, 0.6) is 0 Å². The molecule has 2 fully saturated rings. The summed E-state index contributed by atoms with van der Waals surface area (Å²) in [6, 6.07) is 12.1. The molecule has 0 radical (unpaired) electrons. The average molecular weight is 642 g/mol. The minimum absolute atomic E-state index is 0.0430. The minimum atomic E-state index is -4.95. The molecule has 13 heteroatoms. The van der Waals surface area contributed by atoms with Crippen molar-refractivity contribution in [3.63, 3.8) is 0 Å². The maximum atomic E-state index is 14.5. The number of halogens is 5. The SMILES string of the molecule is CC1(O)CC(C(=O)N(c2ccc(-c3ccccc3)cc2)C(C(=O)NC2CCC(F)(F)CC2)c2cnccc2C(F)(F)F)N(C#N)C1. The van der Waals surface area contributed by atoms with Gasteiger partial charge >= 0.3 is 6.18 Å². The van der Waals surface area contributed by atoms with E-state index in [-0.39, 0.29) is 31.5 Å². The molecule has 2 heterocycles. The van der Waals surface area contributed by atoms with E-state index in [1.54, 1.807) is 12.1 Å². The fraction of sp³-hybridized carbons (Fsp3) is 0.394. The number of hydrogen-bond acceptors (Lipinski definition) is 6. The number of nitriles is 1. The summed E-state index contributed by atoms with van der Waals surface area (Å²) >= 11 is 0. The molecule has 0 bridgehead atoms. The predicted octanol–water partition coefficient (Wildman–Crippen LogP) is 5.84. The Kier molecular flexibility index (Phi) is 9.04. The Hall–Kier alpha value is -4.57. The molecule has 3 aromatic rings. The number of aromatic nitrogens is 1. The number of nitrogens with zero attached hydrogens (tertiary/aromatic N) is 4. The zero-order valence-electron chi connectivity index (χ0n) is 24.8. The van der Waals surface area contributed by atoms with Crippen LogP contribution in [0.2, 0.25) is 0 Å². The van der Waals surface area contributed by atoms with Crippen molar-refractivity contribution < 1.29 is 36.6 Å². The zero-order chi connectivity index (χ0) is 33.3. The van der Waals surface area contributed by atoms with Crippen LogP contribution < -0.4 is 10.2 Å². The van der Waals surface area contributed by atoms with Crippen molar-refractivity contribution in [2.75, 3.05) is 11.4 Å². The third kappa shape index (κ3) is 7.12. The van der Waals surface area contributed by atoms with Crippen LogP contribution in [0.15, 0.2) is 73.1 Å². The molecule has 1 saturated carbocycles. The molecule has 1 aliphatic carbocycles. The van der Waals surface area contributed by atoms with Gasteiger partial charge in [-0.2, -0.15) is 18.4 Å². The molecule has 5 rings (SSSR count). The summed E-state index contributed by atoms with van der Waals surface area (Å²) in [4.78, 5) is 34.4. The van der Waals surface area contributed by atoms with Gasteiger partial charge in [0.05, 0.1) is 17.7 Å². The summed E-state index contributed by atoms with van der Waals surface area (Å²) in [6.07, 6.45) is -2.80. The maximum absolute atomic E-state index is 14.5. The first-order valence-electron chi connectivity index (χ1n) is 14.8. The number of pyridine rings is 1. The highest BCUT2D eigenvalue weighted by Gasteiger charge is 2.49. The van der Waals surface area contributed by atoms with E-state index >= 15 is 0 Å². The molecule has 2 amide bonds. The number of benzene rings is 2. The van der Waals surface area contributed by atoms with E-state index in [1.165, 1.54) is 19.1 Å². The van der Waals surface area contributed by atoms with E-state index in [4.69, 9.17) is 0 Å². The largest absolute Gasteiger partial charge is 0.416 e. The lowest BCUT2D eigenvalue weighted by Crippen LogP contribution is -2.52. The fourth-order valence-electron chi connectivity index (χ4n) is 6.15. The van der Waals surface area contributed by atoms with Crippen molar-refractivity contribution in [2.45, 2.75) is 74.9 Å². The van der Waals surface area contributed by atoms with Crippen molar-refractivity contribution in [3.05, 3.63) is 84.2 Å². The van der Waals surface area contributed by atoms with E-state index in [1.807, 2.05) is 36.5 Å². The van der Waals surface area contributed by atoms with Crippen molar-refractivity contribution in [1.29, 1.82) is 5.26 Å². The third-order valence-electron chi connectivity index (χ3n) is 8.45. The lowest BCUT2D eigenvalue weighted by atomic mass is 9.91. The van der Waals surface area contributed by atoms with Crippen LogP contribution in [0, 0.1) is 11.5 Å². The summed E-state index contributed by atoms with van der Waals surface area (Å²) in [7, 11) is 0. The highest BCUT2D eigenvalue weighted by atomic mass is 19.4. The third-order valence-corrected chi connectivity index (χ3v) is 8.45. The Morgan fingerprint density at radius 2 is 1.70 bits per heavy atom. The number of nitrogens with one attached hydrogen (secondary N) is 1. The standard InChI is InChI=1S/C33H32F5N5O3/c1-31(46)17-27(42(19-31)20-39)30(45)43(24-9-7-22(8-10-24)21-5-3-2-4-6-21)28(25-18-40-16-13-26(25)33(36,37)38)29(44)41-23-11-14-32(34,35)15-12-23/h2-10,13,16,18,23,27-28,46H,11-12,14-15,17,19H2,1H3,(H,41,44). The molecule has 0 spiro atoms. The van der Waals surface area contributed by atoms with Gasteiger partial charge < -0.3 is 10.4 Å².